The summed E-state index contributed by atoms with van der Waals surface area (Å²) in [5.41, 5.74) is 4.16. The molecule has 3 rings (SSSR count). The number of aliphatic carboxylic acids is 1. The van der Waals surface area contributed by atoms with Crippen LogP contribution in [0.1, 0.15) is 29.0 Å². The number of carbonyl (C=O) groups is 1. The van der Waals surface area contributed by atoms with Crippen LogP contribution >= 0.6 is 11.3 Å². The molecule has 0 fully saturated rings. The van der Waals surface area contributed by atoms with Crippen LogP contribution in [0, 0.1) is 0 Å². The Bertz CT molecular complexity index is 612. The smallest absolute Gasteiger partial charge is 0.321 e. The van der Waals surface area contributed by atoms with Crippen molar-refractivity contribution in [2.45, 2.75) is 32.0 Å². The van der Waals surface area contributed by atoms with Gasteiger partial charge in [-0.25, -0.2) is 0 Å². The fourth-order valence-corrected chi connectivity index (χ4v) is 3.47. The van der Waals surface area contributed by atoms with Gasteiger partial charge in [0.15, 0.2) is 0 Å². The molecule has 1 aromatic heterocycles. The molecule has 2 atom stereocenters. The highest BCUT2D eigenvalue weighted by molar-refractivity contribution is 7.09. The van der Waals surface area contributed by atoms with Crippen LogP contribution in [0.15, 0.2) is 36.0 Å². The first kappa shape index (κ1) is 13.3. The van der Waals surface area contributed by atoms with Gasteiger partial charge in [-0.2, -0.15) is 0 Å². The lowest BCUT2D eigenvalue weighted by molar-refractivity contribution is -0.145. The number of fused-ring (bicyclic) bond motifs is 1. The van der Waals surface area contributed by atoms with Crippen LogP contribution in [0.4, 0.5) is 0 Å². The van der Waals surface area contributed by atoms with E-state index in [2.05, 4.69) is 22.9 Å². The first-order valence-corrected chi connectivity index (χ1v) is 7.48. The lowest BCUT2D eigenvalue weighted by Gasteiger charge is -2.38. The Labute approximate surface area is 121 Å². The van der Waals surface area contributed by atoms with Crippen molar-refractivity contribution in [1.82, 2.24) is 9.88 Å². The maximum absolute atomic E-state index is 11.6. The summed E-state index contributed by atoms with van der Waals surface area (Å²) >= 11 is 1.57. The summed E-state index contributed by atoms with van der Waals surface area (Å²) in [6, 6.07) is 7.69. The van der Waals surface area contributed by atoms with E-state index in [1.165, 1.54) is 5.56 Å². The Kier molecular flexibility index (Phi) is 3.54. The first-order valence-electron chi connectivity index (χ1n) is 6.60. The van der Waals surface area contributed by atoms with Crippen LogP contribution in [0.3, 0.4) is 0 Å². The monoisotopic (exact) mass is 288 g/mol. The largest absolute Gasteiger partial charge is 0.480 e. The summed E-state index contributed by atoms with van der Waals surface area (Å²) in [7, 11) is 0. The second-order valence-corrected chi connectivity index (χ2v) is 6.00. The fraction of sp³-hybridized carbons (Fsp3) is 0.333. The Morgan fingerprint density at radius 1 is 1.45 bits per heavy atom. The molecule has 0 radical (unpaired) electrons. The van der Waals surface area contributed by atoms with Crippen molar-refractivity contribution in [3.8, 4) is 0 Å². The summed E-state index contributed by atoms with van der Waals surface area (Å²) in [6.07, 6.45) is 2.39. The second-order valence-electron chi connectivity index (χ2n) is 5.08. The third-order valence-electron chi connectivity index (χ3n) is 3.93. The number of benzene rings is 1. The summed E-state index contributed by atoms with van der Waals surface area (Å²) in [5.74, 6) is -0.754. The van der Waals surface area contributed by atoms with Gasteiger partial charge in [-0.05, 0) is 24.5 Å². The van der Waals surface area contributed by atoms with E-state index in [0.29, 0.717) is 13.0 Å². The predicted octanol–water partition coefficient (Wildman–Crippen LogP) is 2.72. The van der Waals surface area contributed by atoms with Crippen molar-refractivity contribution >= 4 is 17.3 Å². The van der Waals surface area contributed by atoms with E-state index in [9.17, 15) is 9.90 Å². The number of hydrogen-bond donors (Lipinski definition) is 1. The molecule has 2 aromatic rings. The molecule has 5 heteroatoms. The summed E-state index contributed by atoms with van der Waals surface area (Å²) in [4.78, 5) is 18.9. The van der Waals surface area contributed by atoms with Gasteiger partial charge >= 0.3 is 5.97 Å². The Balaban J connectivity index is 1.94. The Morgan fingerprint density at radius 2 is 2.20 bits per heavy atom. The van der Waals surface area contributed by atoms with Crippen molar-refractivity contribution in [3.63, 3.8) is 0 Å². The zero-order chi connectivity index (χ0) is 14.1. The lowest BCUT2D eigenvalue weighted by atomic mass is 9.92. The molecule has 4 nitrogen and oxygen atoms in total. The zero-order valence-electron chi connectivity index (χ0n) is 11.2. The highest BCUT2D eigenvalue weighted by Gasteiger charge is 2.34. The summed E-state index contributed by atoms with van der Waals surface area (Å²) in [6.45, 7) is 2.73. The van der Waals surface area contributed by atoms with Gasteiger partial charge in [0.1, 0.15) is 6.04 Å². The molecule has 2 heterocycles. The van der Waals surface area contributed by atoms with Crippen LogP contribution in [0.25, 0.3) is 0 Å². The van der Waals surface area contributed by atoms with Crippen molar-refractivity contribution < 1.29 is 9.90 Å². The van der Waals surface area contributed by atoms with Crippen LogP contribution < -0.4 is 0 Å². The van der Waals surface area contributed by atoms with Gasteiger partial charge in [-0.1, -0.05) is 24.3 Å². The topological polar surface area (TPSA) is 53.4 Å². The van der Waals surface area contributed by atoms with E-state index in [1.54, 1.807) is 16.8 Å². The maximum atomic E-state index is 11.6. The molecule has 0 bridgehead atoms. The molecule has 1 aliphatic heterocycles. The van der Waals surface area contributed by atoms with Gasteiger partial charge in [0.25, 0.3) is 0 Å². The molecule has 0 amide bonds. The Hall–Kier alpha value is -1.72. The molecule has 0 saturated carbocycles. The first-order chi connectivity index (χ1) is 9.66. The van der Waals surface area contributed by atoms with Gasteiger partial charge in [0.2, 0.25) is 0 Å². The summed E-state index contributed by atoms with van der Waals surface area (Å²) in [5, 5.41) is 9.53. The highest BCUT2D eigenvalue weighted by Crippen LogP contribution is 2.32. The zero-order valence-corrected chi connectivity index (χ0v) is 12.0. The van der Waals surface area contributed by atoms with Crippen molar-refractivity contribution in [2.75, 3.05) is 0 Å². The van der Waals surface area contributed by atoms with Crippen molar-refractivity contribution in [1.29, 1.82) is 0 Å². The molecule has 20 heavy (non-hydrogen) atoms. The maximum Gasteiger partial charge on any atom is 0.321 e. The number of thiazole rings is 1. The number of rotatable bonds is 3. The number of nitrogens with zero attached hydrogens (tertiary/aromatic N) is 2. The van der Waals surface area contributed by atoms with Crippen molar-refractivity contribution in [3.05, 3.63) is 52.0 Å². The molecular weight excluding hydrogens is 272 g/mol. The van der Waals surface area contributed by atoms with Crippen LogP contribution in [-0.4, -0.2) is 27.0 Å². The predicted molar refractivity (Wildman–Crippen MR) is 77.6 cm³/mol. The van der Waals surface area contributed by atoms with Gasteiger partial charge in [0, 0.05) is 23.7 Å². The minimum atomic E-state index is -0.754. The molecule has 1 aromatic carbocycles. The van der Waals surface area contributed by atoms with E-state index in [0.717, 1.165) is 10.4 Å². The van der Waals surface area contributed by atoms with Crippen LogP contribution in [-0.2, 0) is 17.8 Å². The second kappa shape index (κ2) is 5.34. The highest BCUT2D eigenvalue weighted by atomic mass is 32.1. The normalized spacial score (nSPS) is 20.4. The lowest BCUT2D eigenvalue weighted by Crippen LogP contribution is -2.46. The molecule has 0 saturated heterocycles. The average molecular weight is 288 g/mol. The Morgan fingerprint density at radius 3 is 2.85 bits per heavy atom. The number of carboxylic acids is 1. The average Bonchev–Trinajstić information content (AvgIpc) is 2.99. The van der Waals surface area contributed by atoms with Gasteiger partial charge in [-0.15, -0.1) is 11.3 Å². The van der Waals surface area contributed by atoms with Crippen molar-refractivity contribution in [2.24, 2.45) is 0 Å². The minimum absolute atomic E-state index is 0.0666. The molecule has 0 spiro atoms. The fourth-order valence-electron chi connectivity index (χ4n) is 2.77. The molecule has 0 aliphatic carbocycles. The number of hydrogen-bond acceptors (Lipinski definition) is 4. The standard InChI is InChI=1S/C15H16N2O2S/c1-10(14-7-16-9-20-14)17-8-12-5-3-2-4-11(12)6-13(17)15(18)19/h2-5,7,9-10,13H,6,8H2,1H3,(H,18,19). The van der Waals surface area contributed by atoms with Gasteiger partial charge < -0.3 is 5.11 Å². The molecular formula is C15H16N2O2S. The van der Waals surface area contributed by atoms with Crippen LogP contribution in [0.2, 0.25) is 0 Å². The quantitative estimate of drug-likeness (QED) is 0.943. The number of carboxylic acid groups (broad SMARTS) is 1. The SMILES string of the molecule is CC(c1cncs1)N1Cc2ccccc2CC1C(=O)O. The third kappa shape index (κ3) is 2.34. The van der Waals surface area contributed by atoms with E-state index in [4.69, 9.17) is 0 Å². The van der Waals surface area contributed by atoms with E-state index < -0.39 is 12.0 Å². The van der Waals surface area contributed by atoms with Crippen LogP contribution in [0.5, 0.6) is 0 Å². The van der Waals surface area contributed by atoms with Gasteiger partial charge in [0.05, 0.1) is 5.51 Å². The third-order valence-corrected chi connectivity index (χ3v) is 4.88. The molecule has 1 N–H and O–H groups in total. The molecule has 104 valence electrons. The number of aromatic nitrogens is 1. The minimum Gasteiger partial charge on any atom is -0.480 e. The van der Waals surface area contributed by atoms with Gasteiger partial charge in [-0.3, -0.25) is 14.7 Å². The molecule has 1 aliphatic rings. The van der Waals surface area contributed by atoms with E-state index in [-0.39, 0.29) is 6.04 Å². The molecule has 2 unspecified atom stereocenters. The van der Waals surface area contributed by atoms with E-state index >= 15 is 0 Å². The van der Waals surface area contributed by atoms with E-state index in [1.807, 2.05) is 24.4 Å². The summed E-state index contributed by atoms with van der Waals surface area (Å²) < 4.78 is 0.